The summed E-state index contributed by atoms with van der Waals surface area (Å²) < 4.78 is 0. The standard InChI is InChI=1S/C50H32N4/c1-3-14-35(15-4-1)42-22-12-24-44-47(37-17-5-2-6-18-37)53-49(54-48(42)44)38-28-26-36(27-29-38)45-32-46(43-23-11-20-34-16-9-10-21-41(34)43)52-50(51-45)40-30-25-33-13-7-8-19-39(33)31-40/h1-32H. The first kappa shape index (κ1) is 31.4. The summed E-state index contributed by atoms with van der Waals surface area (Å²) in [4.78, 5) is 20.8. The summed E-state index contributed by atoms with van der Waals surface area (Å²) in [5.74, 6) is 1.36. The Balaban J connectivity index is 1.12. The van der Waals surface area contributed by atoms with Gasteiger partial charge < -0.3 is 0 Å². The molecule has 54 heavy (non-hydrogen) atoms. The predicted octanol–water partition coefficient (Wildman–Crippen LogP) is 12.7. The van der Waals surface area contributed by atoms with Gasteiger partial charge in [-0.1, -0.05) is 182 Å². The molecule has 0 radical (unpaired) electrons. The van der Waals surface area contributed by atoms with E-state index in [0.717, 1.165) is 77.7 Å². The van der Waals surface area contributed by atoms with Crippen molar-refractivity contribution in [2.24, 2.45) is 0 Å². The van der Waals surface area contributed by atoms with Crippen LogP contribution in [-0.2, 0) is 0 Å². The monoisotopic (exact) mass is 688 g/mol. The topological polar surface area (TPSA) is 51.6 Å². The molecule has 0 unspecified atom stereocenters. The molecule has 252 valence electrons. The number of para-hydroxylation sites is 1. The summed E-state index contributed by atoms with van der Waals surface area (Å²) in [5.41, 5.74) is 10.8. The maximum absolute atomic E-state index is 5.24. The molecule has 8 aromatic carbocycles. The molecule has 0 spiro atoms. The van der Waals surface area contributed by atoms with E-state index in [9.17, 15) is 0 Å². The maximum atomic E-state index is 5.24. The van der Waals surface area contributed by atoms with Crippen LogP contribution in [0.2, 0.25) is 0 Å². The van der Waals surface area contributed by atoms with Crippen LogP contribution < -0.4 is 0 Å². The van der Waals surface area contributed by atoms with E-state index in [1.807, 2.05) is 12.1 Å². The summed E-state index contributed by atoms with van der Waals surface area (Å²) in [7, 11) is 0. The fraction of sp³-hybridized carbons (Fsp3) is 0. The summed E-state index contributed by atoms with van der Waals surface area (Å²) in [5, 5.41) is 5.69. The van der Waals surface area contributed by atoms with E-state index in [1.54, 1.807) is 0 Å². The number of benzene rings is 8. The number of fused-ring (bicyclic) bond motifs is 3. The van der Waals surface area contributed by atoms with Crippen LogP contribution in [0.1, 0.15) is 0 Å². The second-order valence-corrected chi connectivity index (χ2v) is 13.5. The summed E-state index contributed by atoms with van der Waals surface area (Å²) in [6.07, 6.45) is 0. The number of rotatable bonds is 6. The van der Waals surface area contributed by atoms with E-state index in [2.05, 4.69) is 182 Å². The lowest BCUT2D eigenvalue weighted by atomic mass is 9.98. The van der Waals surface area contributed by atoms with E-state index in [-0.39, 0.29) is 0 Å². The molecule has 2 heterocycles. The molecule has 0 aliphatic heterocycles. The van der Waals surface area contributed by atoms with Gasteiger partial charge in [0.2, 0.25) is 0 Å². The zero-order valence-electron chi connectivity index (χ0n) is 29.3. The molecule has 0 fully saturated rings. The molecule has 0 saturated heterocycles. The molecular weight excluding hydrogens is 657 g/mol. The van der Waals surface area contributed by atoms with Crippen LogP contribution >= 0.6 is 0 Å². The normalized spacial score (nSPS) is 11.3. The molecule has 0 N–H and O–H groups in total. The van der Waals surface area contributed by atoms with Crippen LogP contribution in [0.5, 0.6) is 0 Å². The van der Waals surface area contributed by atoms with Crippen LogP contribution in [0.4, 0.5) is 0 Å². The van der Waals surface area contributed by atoms with Crippen molar-refractivity contribution >= 4 is 32.4 Å². The zero-order valence-corrected chi connectivity index (χ0v) is 29.3. The fourth-order valence-corrected chi connectivity index (χ4v) is 7.38. The minimum Gasteiger partial charge on any atom is -0.228 e. The Hall–Kier alpha value is -7.30. The fourth-order valence-electron chi connectivity index (χ4n) is 7.38. The molecule has 0 aliphatic rings. The Kier molecular flexibility index (Phi) is 7.77. The Labute approximate surface area is 313 Å². The van der Waals surface area contributed by atoms with Crippen LogP contribution in [0.3, 0.4) is 0 Å². The van der Waals surface area contributed by atoms with Crippen molar-refractivity contribution in [1.29, 1.82) is 0 Å². The SMILES string of the molecule is c1ccc(-c2nc(-c3ccc(-c4cc(-c5cccc6ccccc56)nc(-c5ccc6ccccc6c5)n4)cc3)nc3c(-c4ccccc4)cccc23)cc1. The van der Waals surface area contributed by atoms with Crippen molar-refractivity contribution in [2.75, 3.05) is 0 Å². The lowest BCUT2D eigenvalue weighted by Gasteiger charge is -2.13. The van der Waals surface area contributed by atoms with E-state index < -0.39 is 0 Å². The van der Waals surface area contributed by atoms with Gasteiger partial charge in [-0.3, -0.25) is 0 Å². The first-order valence-electron chi connectivity index (χ1n) is 18.1. The Morgan fingerprint density at radius 2 is 0.852 bits per heavy atom. The van der Waals surface area contributed by atoms with Crippen molar-refractivity contribution < 1.29 is 0 Å². The average molecular weight is 689 g/mol. The Morgan fingerprint density at radius 3 is 1.67 bits per heavy atom. The third-order valence-electron chi connectivity index (χ3n) is 10.1. The Morgan fingerprint density at radius 1 is 0.278 bits per heavy atom. The largest absolute Gasteiger partial charge is 0.228 e. The minimum atomic E-state index is 0.673. The summed E-state index contributed by atoms with van der Waals surface area (Å²) in [6.45, 7) is 0. The summed E-state index contributed by atoms with van der Waals surface area (Å²) >= 11 is 0. The third-order valence-corrected chi connectivity index (χ3v) is 10.1. The lowest BCUT2D eigenvalue weighted by molar-refractivity contribution is 1.19. The van der Waals surface area contributed by atoms with Gasteiger partial charge in [0.15, 0.2) is 11.6 Å². The highest BCUT2D eigenvalue weighted by molar-refractivity contribution is 6.02. The highest BCUT2D eigenvalue weighted by Gasteiger charge is 2.17. The molecule has 4 nitrogen and oxygen atoms in total. The van der Waals surface area contributed by atoms with Crippen molar-refractivity contribution in [2.45, 2.75) is 0 Å². The van der Waals surface area contributed by atoms with Gasteiger partial charge in [-0.15, -0.1) is 0 Å². The van der Waals surface area contributed by atoms with Crippen molar-refractivity contribution in [3.05, 3.63) is 194 Å². The molecule has 0 saturated carbocycles. The number of nitrogens with zero attached hydrogens (tertiary/aromatic N) is 4. The number of hydrogen-bond donors (Lipinski definition) is 0. The van der Waals surface area contributed by atoms with Gasteiger partial charge in [-0.25, -0.2) is 19.9 Å². The molecule has 4 heteroatoms. The van der Waals surface area contributed by atoms with Crippen molar-refractivity contribution in [3.8, 4) is 67.7 Å². The molecule has 10 rings (SSSR count). The van der Waals surface area contributed by atoms with Gasteiger partial charge in [-0.2, -0.15) is 0 Å². The van der Waals surface area contributed by atoms with Gasteiger partial charge in [-0.05, 0) is 39.2 Å². The second-order valence-electron chi connectivity index (χ2n) is 13.5. The molecule has 10 aromatic rings. The van der Waals surface area contributed by atoms with E-state index in [1.165, 1.54) is 10.8 Å². The number of hydrogen-bond acceptors (Lipinski definition) is 4. The van der Waals surface area contributed by atoms with Gasteiger partial charge in [0.05, 0.1) is 22.6 Å². The van der Waals surface area contributed by atoms with Crippen LogP contribution in [0, 0.1) is 0 Å². The van der Waals surface area contributed by atoms with Crippen molar-refractivity contribution in [1.82, 2.24) is 19.9 Å². The lowest BCUT2D eigenvalue weighted by Crippen LogP contribution is -1.98. The first-order valence-corrected chi connectivity index (χ1v) is 18.1. The highest BCUT2D eigenvalue weighted by atomic mass is 14.9. The summed E-state index contributed by atoms with van der Waals surface area (Å²) in [6, 6.07) is 67.4. The third kappa shape index (κ3) is 5.76. The van der Waals surface area contributed by atoms with E-state index in [0.29, 0.717) is 11.6 Å². The molecule has 0 aliphatic carbocycles. The quantitative estimate of drug-likeness (QED) is 0.174. The van der Waals surface area contributed by atoms with Crippen LogP contribution in [0.15, 0.2) is 194 Å². The molecular formula is C50H32N4. The Bertz CT molecular complexity index is 2970. The number of aromatic nitrogens is 4. The van der Waals surface area contributed by atoms with E-state index >= 15 is 0 Å². The molecule has 0 atom stereocenters. The van der Waals surface area contributed by atoms with E-state index in [4.69, 9.17) is 19.9 Å². The average Bonchev–Trinajstić information content (AvgIpc) is 3.26. The zero-order chi connectivity index (χ0) is 35.8. The second kappa shape index (κ2) is 13.4. The van der Waals surface area contributed by atoms with Gasteiger partial charge in [0.25, 0.3) is 0 Å². The van der Waals surface area contributed by atoms with Gasteiger partial charge in [0, 0.05) is 38.8 Å². The van der Waals surface area contributed by atoms with Crippen LogP contribution in [0.25, 0.3) is 100 Å². The predicted molar refractivity (Wildman–Crippen MR) is 223 cm³/mol. The molecule has 2 aromatic heterocycles. The van der Waals surface area contributed by atoms with Crippen LogP contribution in [-0.4, -0.2) is 19.9 Å². The molecule has 0 bridgehead atoms. The van der Waals surface area contributed by atoms with Gasteiger partial charge in [0.1, 0.15) is 0 Å². The smallest absolute Gasteiger partial charge is 0.160 e. The first-order chi connectivity index (χ1) is 26.7. The van der Waals surface area contributed by atoms with Crippen molar-refractivity contribution in [3.63, 3.8) is 0 Å². The van der Waals surface area contributed by atoms with Gasteiger partial charge >= 0.3 is 0 Å². The molecule has 0 amide bonds. The maximum Gasteiger partial charge on any atom is 0.160 e. The minimum absolute atomic E-state index is 0.673. The highest BCUT2D eigenvalue weighted by Crippen LogP contribution is 2.36.